The predicted octanol–water partition coefficient (Wildman–Crippen LogP) is 5.18. The zero-order valence-corrected chi connectivity index (χ0v) is 26.5. The number of fused-ring (bicyclic) bond motifs is 2. The van der Waals surface area contributed by atoms with E-state index in [-0.39, 0.29) is 23.8 Å². The molecule has 12 heteroatoms. The summed E-state index contributed by atoms with van der Waals surface area (Å²) < 4.78 is 41.1. The van der Waals surface area contributed by atoms with E-state index in [4.69, 9.17) is 0 Å². The van der Waals surface area contributed by atoms with Crippen LogP contribution in [0.1, 0.15) is 28.8 Å². The SMILES string of the molecule is C=C(CN(C)C)C(=O)Nc1ccc(CN2C[C@H]3CC(=O)N(c4cc(C(F)(F)F)cc(C)n4)[C@@H]3C(=O)N(C)c3cccc(C)c32)cc1. The van der Waals surface area contributed by atoms with Gasteiger partial charge in [-0.2, -0.15) is 13.2 Å². The number of aryl methyl sites for hydroxylation is 2. The van der Waals surface area contributed by atoms with E-state index < -0.39 is 35.5 Å². The Morgan fingerprint density at radius 2 is 1.78 bits per heavy atom. The number of hydrogen-bond donors (Lipinski definition) is 1. The molecular weight excluding hydrogens is 597 g/mol. The number of halogens is 3. The van der Waals surface area contributed by atoms with E-state index in [0.29, 0.717) is 36.6 Å². The van der Waals surface area contributed by atoms with Gasteiger partial charge < -0.3 is 20.0 Å². The molecule has 0 saturated carbocycles. The van der Waals surface area contributed by atoms with Gasteiger partial charge in [0, 0.05) is 56.0 Å². The average molecular weight is 635 g/mol. The summed E-state index contributed by atoms with van der Waals surface area (Å²) in [4.78, 5) is 51.0. The minimum Gasteiger partial charge on any atom is -0.365 e. The van der Waals surface area contributed by atoms with E-state index >= 15 is 0 Å². The van der Waals surface area contributed by atoms with Gasteiger partial charge in [0.15, 0.2) is 0 Å². The molecule has 9 nitrogen and oxygen atoms in total. The number of alkyl halides is 3. The Morgan fingerprint density at radius 1 is 1.09 bits per heavy atom. The number of para-hydroxylation sites is 1. The summed E-state index contributed by atoms with van der Waals surface area (Å²) >= 11 is 0. The molecule has 46 heavy (non-hydrogen) atoms. The fourth-order valence-corrected chi connectivity index (χ4v) is 6.23. The van der Waals surface area contributed by atoms with Gasteiger partial charge in [-0.25, -0.2) is 4.98 Å². The lowest BCUT2D eigenvalue weighted by atomic mass is 9.94. The molecule has 1 aromatic heterocycles. The summed E-state index contributed by atoms with van der Waals surface area (Å²) in [6.45, 7) is 8.37. The summed E-state index contributed by atoms with van der Waals surface area (Å²) in [5, 5.41) is 2.86. The highest BCUT2D eigenvalue weighted by Crippen LogP contribution is 2.42. The quantitative estimate of drug-likeness (QED) is 0.361. The summed E-state index contributed by atoms with van der Waals surface area (Å²) in [5.74, 6) is -1.83. The van der Waals surface area contributed by atoms with Gasteiger partial charge in [0.05, 0.1) is 16.9 Å². The Bertz CT molecular complexity index is 1690. The van der Waals surface area contributed by atoms with Gasteiger partial charge in [0.2, 0.25) is 11.8 Å². The number of carbonyl (C=O) groups is 3. The van der Waals surface area contributed by atoms with Gasteiger partial charge >= 0.3 is 6.18 Å². The highest BCUT2D eigenvalue weighted by Gasteiger charge is 2.49. The number of likely N-dealkylation sites (N-methyl/N-ethyl adjacent to an activating group) is 2. The van der Waals surface area contributed by atoms with Crippen LogP contribution in [0.5, 0.6) is 0 Å². The van der Waals surface area contributed by atoms with Gasteiger partial charge in [0.1, 0.15) is 11.9 Å². The van der Waals surface area contributed by atoms with E-state index in [2.05, 4.69) is 21.8 Å². The third-order valence-corrected chi connectivity index (χ3v) is 8.29. The lowest BCUT2D eigenvalue weighted by molar-refractivity contribution is -0.137. The van der Waals surface area contributed by atoms with Crippen LogP contribution in [0, 0.1) is 19.8 Å². The number of rotatable bonds is 7. The molecule has 1 saturated heterocycles. The fourth-order valence-electron chi connectivity index (χ4n) is 6.23. The van der Waals surface area contributed by atoms with Crippen LogP contribution in [-0.2, 0) is 27.1 Å². The van der Waals surface area contributed by atoms with Crippen molar-refractivity contribution in [2.75, 3.05) is 54.2 Å². The van der Waals surface area contributed by atoms with E-state index in [9.17, 15) is 27.6 Å². The molecule has 2 aromatic carbocycles. The molecule has 3 heterocycles. The van der Waals surface area contributed by atoms with Crippen LogP contribution in [0.25, 0.3) is 0 Å². The standard InChI is InChI=1S/C34H37F3N6O3/c1-20-8-7-9-27-30(20)42(18-23-10-12-26(13-11-23)39-32(45)21(2)17-40(4)5)19-24-15-29(44)43(31(24)33(46)41(27)6)28-16-25(34(35,36)37)14-22(3)38-28/h7-14,16,24,31H,2,15,17-19H2,1,3-6H3,(H,39,45)/t24-,31+/m1/s1. The first-order valence-electron chi connectivity index (χ1n) is 14.9. The first-order chi connectivity index (χ1) is 21.6. The zero-order chi connectivity index (χ0) is 33.5. The number of hydrogen-bond acceptors (Lipinski definition) is 6. The van der Waals surface area contributed by atoms with Crippen LogP contribution in [0.4, 0.5) is 36.1 Å². The monoisotopic (exact) mass is 634 g/mol. The van der Waals surface area contributed by atoms with Gasteiger partial charge in [-0.15, -0.1) is 0 Å². The van der Waals surface area contributed by atoms with Crippen LogP contribution < -0.4 is 20.0 Å². The van der Waals surface area contributed by atoms with Crippen LogP contribution in [0.15, 0.2) is 66.7 Å². The zero-order valence-electron chi connectivity index (χ0n) is 26.5. The molecule has 0 aliphatic carbocycles. The molecule has 2 aliphatic heterocycles. The molecule has 242 valence electrons. The lowest BCUT2D eigenvalue weighted by Crippen LogP contribution is -2.52. The summed E-state index contributed by atoms with van der Waals surface area (Å²) in [6.07, 6.45) is -4.67. The van der Waals surface area contributed by atoms with Crippen molar-refractivity contribution < 1.29 is 27.6 Å². The van der Waals surface area contributed by atoms with Crippen molar-refractivity contribution >= 4 is 40.6 Å². The topological polar surface area (TPSA) is 89.1 Å². The Morgan fingerprint density at radius 3 is 2.43 bits per heavy atom. The maximum Gasteiger partial charge on any atom is 0.416 e. The van der Waals surface area contributed by atoms with E-state index in [1.54, 1.807) is 19.2 Å². The minimum atomic E-state index is -4.64. The van der Waals surface area contributed by atoms with Gasteiger partial charge in [-0.3, -0.25) is 19.3 Å². The number of carbonyl (C=O) groups excluding carboxylic acids is 3. The highest BCUT2D eigenvalue weighted by molar-refractivity contribution is 6.10. The Hall–Kier alpha value is -4.71. The normalized spacial score (nSPS) is 18.3. The predicted molar refractivity (Wildman–Crippen MR) is 172 cm³/mol. The van der Waals surface area contributed by atoms with Crippen molar-refractivity contribution in [1.82, 2.24) is 9.88 Å². The maximum absolute atomic E-state index is 14.1. The van der Waals surface area contributed by atoms with Crippen LogP contribution >= 0.6 is 0 Å². The molecular formula is C34H37F3N6O3. The summed E-state index contributed by atoms with van der Waals surface area (Å²) in [7, 11) is 5.33. The molecule has 0 spiro atoms. The number of aromatic nitrogens is 1. The highest BCUT2D eigenvalue weighted by atomic mass is 19.4. The molecule has 3 amide bonds. The molecule has 0 radical (unpaired) electrons. The Kier molecular flexibility index (Phi) is 8.94. The fraction of sp³-hybridized carbons (Fsp3) is 0.353. The average Bonchev–Trinajstić information content (AvgIpc) is 3.30. The molecule has 0 unspecified atom stereocenters. The largest absolute Gasteiger partial charge is 0.416 e. The second kappa shape index (κ2) is 12.6. The second-order valence-electron chi connectivity index (χ2n) is 12.2. The second-order valence-corrected chi connectivity index (χ2v) is 12.2. The van der Waals surface area contributed by atoms with Crippen molar-refractivity contribution in [3.8, 4) is 0 Å². The first-order valence-corrected chi connectivity index (χ1v) is 14.9. The van der Waals surface area contributed by atoms with Crippen molar-refractivity contribution in [1.29, 1.82) is 0 Å². The third kappa shape index (κ3) is 6.62. The van der Waals surface area contributed by atoms with Crippen molar-refractivity contribution in [3.05, 3.63) is 89.1 Å². The number of benzene rings is 2. The molecule has 2 atom stereocenters. The number of pyridine rings is 1. The van der Waals surface area contributed by atoms with E-state index in [0.717, 1.165) is 33.8 Å². The molecule has 2 aliphatic rings. The van der Waals surface area contributed by atoms with E-state index in [1.165, 1.54) is 11.8 Å². The Balaban J connectivity index is 1.48. The molecule has 5 rings (SSSR count). The van der Waals surface area contributed by atoms with Gasteiger partial charge in [-0.05, 0) is 69.4 Å². The van der Waals surface area contributed by atoms with Crippen molar-refractivity contribution in [2.45, 2.75) is 39.0 Å². The van der Waals surface area contributed by atoms with Crippen molar-refractivity contribution in [2.24, 2.45) is 5.92 Å². The molecule has 3 aromatic rings. The number of amides is 3. The van der Waals surface area contributed by atoms with Crippen LogP contribution in [0.2, 0.25) is 0 Å². The van der Waals surface area contributed by atoms with Crippen LogP contribution in [-0.4, -0.2) is 67.9 Å². The molecule has 0 bridgehead atoms. The van der Waals surface area contributed by atoms with Gasteiger partial charge in [0.25, 0.3) is 5.91 Å². The van der Waals surface area contributed by atoms with Crippen molar-refractivity contribution in [3.63, 3.8) is 0 Å². The number of nitrogens with zero attached hydrogens (tertiary/aromatic N) is 5. The lowest BCUT2D eigenvalue weighted by Gasteiger charge is -2.39. The number of anilines is 4. The molecule has 1 fully saturated rings. The first kappa shape index (κ1) is 32.7. The number of nitrogens with one attached hydrogen (secondary N) is 1. The Labute approximate surface area is 266 Å². The smallest absolute Gasteiger partial charge is 0.365 e. The minimum absolute atomic E-state index is 0.0270. The van der Waals surface area contributed by atoms with Crippen LogP contribution in [0.3, 0.4) is 0 Å². The van der Waals surface area contributed by atoms with Gasteiger partial charge in [-0.1, -0.05) is 30.8 Å². The summed E-state index contributed by atoms with van der Waals surface area (Å²) in [6, 6.07) is 13.7. The summed E-state index contributed by atoms with van der Waals surface area (Å²) in [5.41, 5.74) is 3.51. The molecule has 1 N–H and O–H groups in total. The van der Waals surface area contributed by atoms with E-state index in [1.807, 2.05) is 56.3 Å². The third-order valence-electron chi connectivity index (χ3n) is 8.29. The maximum atomic E-state index is 14.1.